The van der Waals surface area contributed by atoms with E-state index in [1.165, 1.54) is 17.4 Å². The van der Waals surface area contributed by atoms with Gasteiger partial charge in [-0.05, 0) is 41.1 Å². The largest absolute Gasteiger partial charge is 0.293 e. The Hall–Kier alpha value is -1.07. The summed E-state index contributed by atoms with van der Waals surface area (Å²) in [5, 5.41) is 0. The fourth-order valence-electron chi connectivity index (χ4n) is 1.62. The van der Waals surface area contributed by atoms with E-state index in [1.807, 2.05) is 13.0 Å². The topological polar surface area (TPSA) is 17.1 Å². The lowest BCUT2D eigenvalue weighted by Gasteiger charge is -2.03. The number of rotatable bonds is 3. The van der Waals surface area contributed by atoms with Crippen molar-refractivity contribution in [2.75, 3.05) is 0 Å². The van der Waals surface area contributed by atoms with Crippen LogP contribution < -0.4 is 0 Å². The normalized spacial score (nSPS) is 10.7. The number of ketones is 1. The average Bonchev–Trinajstić information content (AvgIpc) is 2.63. The Morgan fingerprint density at radius 2 is 1.94 bits per heavy atom. The average molecular weight is 331 g/mol. The molecule has 0 aliphatic rings. The van der Waals surface area contributed by atoms with Crippen LogP contribution in [-0.2, 0) is 6.42 Å². The highest BCUT2D eigenvalue weighted by Gasteiger charge is 2.18. The zero-order valence-corrected chi connectivity index (χ0v) is 11.9. The first-order valence-electron chi connectivity index (χ1n) is 5.21. The molecule has 0 radical (unpaired) electrons. The third kappa shape index (κ3) is 2.67. The van der Waals surface area contributed by atoms with Crippen molar-refractivity contribution in [3.05, 3.63) is 55.7 Å². The molecule has 0 bridgehead atoms. The van der Waals surface area contributed by atoms with Crippen molar-refractivity contribution in [1.29, 1.82) is 0 Å². The Balaban J connectivity index is 2.30. The number of hydrogen-bond acceptors (Lipinski definition) is 2. The van der Waals surface area contributed by atoms with Crippen LogP contribution in [0.3, 0.4) is 0 Å². The van der Waals surface area contributed by atoms with Crippen molar-refractivity contribution < 1.29 is 13.6 Å². The minimum Gasteiger partial charge on any atom is -0.293 e. The van der Waals surface area contributed by atoms with Gasteiger partial charge in [-0.1, -0.05) is 6.07 Å². The first-order chi connectivity index (χ1) is 8.49. The molecule has 0 atom stereocenters. The first kappa shape index (κ1) is 13.4. The van der Waals surface area contributed by atoms with Gasteiger partial charge in [0.1, 0.15) is 11.6 Å². The van der Waals surface area contributed by atoms with Gasteiger partial charge in [0.05, 0.1) is 4.88 Å². The van der Waals surface area contributed by atoms with E-state index in [4.69, 9.17) is 0 Å². The molecule has 0 aliphatic heterocycles. The number of Topliss-reactive ketones (excluding diaryl/α,β-unsaturated/α-hetero) is 1. The predicted octanol–water partition coefficient (Wildman–Crippen LogP) is 4.52. The van der Waals surface area contributed by atoms with Gasteiger partial charge in [0.15, 0.2) is 5.78 Å². The summed E-state index contributed by atoms with van der Waals surface area (Å²) in [5.74, 6) is -1.66. The first-order valence-corrected chi connectivity index (χ1v) is 6.82. The van der Waals surface area contributed by atoms with E-state index in [9.17, 15) is 13.6 Å². The van der Waals surface area contributed by atoms with E-state index < -0.39 is 11.6 Å². The predicted molar refractivity (Wildman–Crippen MR) is 71.1 cm³/mol. The molecule has 2 rings (SSSR count). The number of hydrogen-bond donors (Lipinski definition) is 0. The quantitative estimate of drug-likeness (QED) is 0.756. The summed E-state index contributed by atoms with van der Waals surface area (Å²) in [4.78, 5) is 13.5. The van der Waals surface area contributed by atoms with Crippen molar-refractivity contribution in [3.8, 4) is 0 Å². The van der Waals surface area contributed by atoms with Crippen LogP contribution in [0.4, 0.5) is 8.78 Å². The van der Waals surface area contributed by atoms with Crippen LogP contribution >= 0.6 is 27.3 Å². The monoisotopic (exact) mass is 330 g/mol. The van der Waals surface area contributed by atoms with E-state index in [1.54, 1.807) is 0 Å². The summed E-state index contributed by atoms with van der Waals surface area (Å²) in [6, 6.07) is 5.40. The van der Waals surface area contributed by atoms with Crippen LogP contribution in [0.1, 0.15) is 20.1 Å². The second kappa shape index (κ2) is 5.28. The number of halogens is 3. The van der Waals surface area contributed by atoms with E-state index in [2.05, 4.69) is 15.9 Å². The van der Waals surface area contributed by atoms with E-state index in [-0.39, 0.29) is 17.8 Å². The lowest BCUT2D eigenvalue weighted by Crippen LogP contribution is -2.06. The van der Waals surface area contributed by atoms with Gasteiger partial charge in [-0.3, -0.25) is 4.79 Å². The molecule has 0 saturated heterocycles. The van der Waals surface area contributed by atoms with Gasteiger partial charge in [-0.15, -0.1) is 11.3 Å². The Bertz CT molecular complexity index is 587. The zero-order valence-electron chi connectivity index (χ0n) is 9.47. The summed E-state index contributed by atoms with van der Waals surface area (Å²) in [5.41, 5.74) is -0.180. The van der Waals surface area contributed by atoms with Gasteiger partial charge >= 0.3 is 0 Å². The number of carbonyl (C=O) groups is 1. The molecule has 0 spiro atoms. The van der Waals surface area contributed by atoms with E-state index in [0.29, 0.717) is 9.35 Å². The van der Waals surface area contributed by atoms with Crippen LogP contribution in [0.15, 0.2) is 28.7 Å². The minimum atomic E-state index is -0.687. The summed E-state index contributed by atoms with van der Waals surface area (Å²) in [7, 11) is 0. The molecule has 94 valence electrons. The van der Waals surface area contributed by atoms with Gasteiger partial charge < -0.3 is 0 Å². The number of aryl methyl sites for hydroxylation is 1. The Labute approximate surface area is 116 Å². The van der Waals surface area contributed by atoms with Gasteiger partial charge in [0, 0.05) is 21.3 Å². The Morgan fingerprint density at radius 1 is 1.33 bits per heavy atom. The maximum Gasteiger partial charge on any atom is 0.178 e. The molecule has 1 aromatic heterocycles. The fourth-order valence-corrected chi connectivity index (χ4v) is 3.42. The van der Waals surface area contributed by atoms with Crippen LogP contribution in [0.25, 0.3) is 0 Å². The maximum absolute atomic E-state index is 13.4. The summed E-state index contributed by atoms with van der Waals surface area (Å²) in [6.45, 7) is 1.87. The van der Waals surface area contributed by atoms with Crippen molar-refractivity contribution in [1.82, 2.24) is 0 Å². The molecule has 1 nitrogen and oxygen atoms in total. The molecular formula is C13H9BrF2OS. The number of carbonyl (C=O) groups excluding carboxylic acids is 1. The molecule has 0 saturated carbocycles. The summed E-state index contributed by atoms with van der Waals surface area (Å²) in [6.07, 6.45) is -0.267. The maximum atomic E-state index is 13.4. The van der Waals surface area contributed by atoms with Gasteiger partial charge in [-0.2, -0.15) is 0 Å². The molecule has 5 heteroatoms. The zero-order chi connectivity index (χ0) is 13.3. The molecule has 0 aliphatic carbocycles. The van der Waals surface area contributed by atoms with Crippen molar-refractivity contribution in [2.24, 2.45) is 0 Å². The fraction of sp³-hybridized carbons (Fsp3) is 0.154. The second-order valence-corrected chi connectivity index (χ2v) is 5.94. The number of benzene rings is 1. The van der Waals surface area contributed by atoms with E-state index in [0.717, 1.165) is 17.0 Å². The van der Waals surface area contributed by atoms with Crippen molar-refractivity contribution in [2.45, 2.75) is 13.3 Å². The molecule has 0 N–H and O–H groups in total. The van der Waals surface area contributed by atoms with Gasteiger partial charge in [-0.25, -0.2) is 8.78 Å². The SMILES string of the molecule is Cc1cc(Br)c(C(=O)Cc2c(F)cccc2F)s1. The molecule has 0 amide bonds. The van der Waals surface area contributed by atoms with E-state index >= 15 is 0 Å². The minimum absolute atomic E-state index is 0.180. The summed E-state index contributed by atoms with van der Waals surface area (Å²) >= 11 is 4.58. The number of thiophene rings is 1. The van der Waals surface area contributed by atoms with Gasteiger partial charge in [0.25, 0.3) is 0 Å². The lowest BCUT2D eigenvalue weighted by molar-refractivity contribution is 0.0993. The molecule has 1 heterocycles. The molecule has 0 unspecified atom stereocenters. The molecule has 18 heavy (non-hydrogen) atoms. The summed E-state index contributed by atoms with van der Waals surface area (Å²) < 4.78 is 27.5. The van der Waals surface area contributed by atoms with Crippen molar-refractivity contribution >= 4 is 33.0 Å². The highest BCUT2D eigenvalue weighted by atomic mass is 79.9. The highest BCUT2D eigenvalue weighted by molar-refractivity contribution is 9.10. The third-order valence-electron chi connectivity index (χ3n) is 2.46. The molecule has 0 fully saturated rings. The second-order valence-electron chi connectivity index (χ2n) is 3.83. The standard InChI is InChI=1S/C13H9BrF2OS/c1-7-5-9(14)13(18-7)12(17)6-8-10(15)3-2-4-11(8)16/h2-5H,6H2,1H3. The lowest BCUT2D eigenvalue weighted by atomic mass is 10.1. The van der Waals surface area contributed by atoms with Crippen LogP contribution in [-0.4, -0.2) is 5.78 Å². The Kier molecular flexibility index (Phi) is 3.92. The Morgan fingerprint density at radius 3 is 2.44 bits per heavy atom. The highest BCUT2D eigenvalue weighted by Crippen LogP contribution is 2.28. The van der Waals surface area contributed by atoms with Crippen LogP contribution in [0, 0.1) is 18.6 Å². The van der Waals surface area contributed by atoms with Gasteiger partial charge in [0.2, 0.25) is 0 Å². The van der Waals surface area contributed by atoms with Crippen LogP contribution in [0.5, 0.6) is 0 Å². The van der Waals surface area contributed by atoms with Crippen LogP contribution in [0.2, 0.25) is 0 Å². The smallest absolute Gasteiger partial charge is 0.178 e. The van der Waals surface area contributed by atoms with Crippen molar-refractivity contribution in [3.63, 3.8) is 0 Å². The molecule has 1 aromatic carbocycles. The molecule has 2 aromatic rings. The molecular weight excluding hydrogens is 322 g/mol. The third-order valence-corrected chi connectivity index (χ3v) is 4.44.